The van der Waals surface area contributed by atoms with Crippen molar-refractivity contribution in [2.45, 2.75) is 38.4 Å². The third kappa shape index (κ3) is 3.46. The summed E-state index contributed by atoms with van der Waals surface area (Å²) in [5, 5.41) is 11.1. The average molecular weight is 360 g/mol. The minimum atomic E-state index is 0.263. The minimum Gasteiger partial charge on any atom is -0.490 e. The molecule has 0 aliphatic heterocycles. The second-order valence-corrected chi connectivity index (χ2v) is 6.56. The van der Waals surface area contributed by atoms with Gasteiger partial charge in [0.2, 0.25) is 0 Å². The number of benzene rings is 1. The summed E-state index contributed by atoms with van der Waals surface area (Å²) < 4.78 is 12.1. The molecule has 2 aromatic heterocycles. The Morgan fingerprint density at radius 1 is 1.20 bits per heavy atom. The van der Waals surface area contributed by atoms with Gasteiger partial charge in [0.1, 0.15) is 18.2 Å². The fraction of sp³-hybridized carbons (Fsp3) is 0.353. The zero-order chi connectivity index (χ0) is 17.2. The van der Waals surface area contributed by atoms with E-state index in [-0.39, 0.29) is 12.7 Å². The topological polar surface area (TPSA) is 98.9 Å². The molecule has 7 nitrogen and oxygen atoms in total. The average Bonchev–Trinajstić information content (AvgIpc) is 3.26. The van der Waals surface area contributed by atoms with Gasteiger partial charge in [-0.3, -0.25) is 0 Å². The number of anilines is 1. The van der Waals surface area contributed by atoms with Gasteiger partial charge in [-0.1, -0.05) is 16.8 Å². The predicted octanol–water partition coefficient (Wildman–Crippen LogP) is 3.49. The molecule has 130 valence electrons. The molecule has 3 aromatic rings. The Labute approximate surface area is 149 Å². The van der Waals surface area contributed by atoms with Crippen molar-refractivity contribution in [3.8, 4) is 11.5 Å². The Hall–Kier alpha value is -2.54. The molecule has 0 bridgehead atoms. The van der Waals surface area contributed by atoms with Crippen LogP contribution < -0.4 is 15.2 Å². The molecule has 1 fully saturated rings. The molecule has 4 rings (SSSR count). The molecule has 0 amide bonds. The number of hydrogen-bond donors (Lipinski definition) is 2. The highest BCUT2D eigenvalue weighted by atomic mass is 35.5. The van der Waals surface area contributed by atoms with Crippen molar-refractivity contribution >= 4 is 28.6 Å². The van der Waals surface area contributed by atoms with Crippen LogP contribution in [0.2, 0.25) is 5.02 Å². The van der Waals surface area contributed by atoms with Crippen LogP contribution in [-0.2, 0) is 6.61 Å². The molecular weight excluding hydrogens is 342 g/mol. The Morgan fingerprint density at radius 2 is 2.04 bits per heavy atom. The molecular formula is C17H18ClN5O2. The van der Waals surface area contributed by atoms with E-state index in [1.54, 1.807) is 6.07 Å². The van der Waals surface area contributed by atoms with Crippen LogP contribution in [0.4, 0.5) is 5.82 Å². The summed E-state index contributed by atoms with van der Waals surface area (Å²) in [5.74, 6) is 1.65. The Kier molecular flexibility index (Phi) is 4.31. The molecule has 0 radical (unpaired) electrons. The molecule has 1 aliphatic carbocycles. The highest BCUT2D eigenvalue weighted by Crippen LogP contribution is 2.30. The summed E-state index contributed by atoms with van der Waals surface area (Å²) in [7, 11) is 0. The summed E-state index contributed by atoms with van der Waals surface area (Å²) >= 11 is 6.15. The number of hydrogen-bond acceptors (Lipinski definition) is 6. The van der Waals surface area contributed by atoms with Crippen LogP contribution in [0.25, 0.3) is 11.2 Å². The van der Waals surface area contributed by atoms with Crippen LogP contribution in [0.1, 0.15) is 31.2 Å². The van der Waals surface area contributed by atoms with Gasteiger partial charge in [0.05, 0.1) is 6.10 Å². The van der Waals surface area contributed by atoms with Gasteiger partial charge in [0.15, 0.2) is 16.9 Å². The van der Waals surface area contributed by atoms with E-state index in [0.717, 1.165) is 24.2 Å². The van der Waals surface area contributed by atoms with Gasteiger partial charge in [-0.2, -0.15) is 0 Å². The van der Waals surface area contributed by atoms with Gasteiger partial charge in [-0.25, -0.2) is 10.1 Å². The predicted molar refractivity (Wildman–Crippen MR) is 94.8 cm³/mol. The van der Waals surface area contributed by atoms with Crippen molar-refractivity contribution in [1.82, 2.24) is 20.4 Å². The normalized spacial score (nSPS) is 14.9. The number of nitrogens with zero attached hydrogens (tertiary/aromatic N) is 3. The third-order valence-electron chi connectivity index (χ3n) is 4.29. The number of nitrogens with two attached hydrogens (primary N) is 1. The number of H-pyrrole nitrogens is 1. The maximum absolute atomic E-state index is 6.15. The molecule has 0 atom stereocenters. The van der Waals surface area contributed by atoms with Crippen LogP contribution in [0, 0.1) is 0 Å². The van der Waals surface area contributed by atoms with Crippen LogP contribution >= 0.6 is 11.6 Å². The highest BCUT2D eigenvalue weighted by Gasteiger charge is 2.18. The second-order valence-electron chi connectivity index (χ2n) is 6.12. The van der Waals surface area contributed by atoms with Crippen molar-refractivity contribution in [3.63, 3.8) is 0 Å². The third-order valence-corrected chi connectivity index (χ3v) is 4.52. The standard InChI is InChI=1S/C17H18ClN5O2/c18-11-5-6-13(25-12-3-1-2-4-12)10(7-11)9-24-14-8-15(19)20-17-16(14)21-23-22-17/h5-8,12H,1-4,9H2,(H3,19,20,21,22,23). The first-order chi connectivity index (χ1) is 12.2. The second kappa shape index (κ2) is 6.76. The Balaban J connectivity index is 1.57. The molecule has 3 N–H and O–H groups in total. The SMILES string of the molecule is Nc1cc(OCc2cc(Cl)ccc2OC2CCCC2)c2nn[nH]c2n1. The summed E-state index contributed by atoms with van der Waals surface area (Å²) in [6.07, 6.45) is 4.86. The van der Waals surface area contributed by atoms with Crippen molar-refractivity contribution in [1.29, 1.82) is 0 Å². The van der Waals surface area contributed by atoms with E-state index in [4.69, 9.17) is 26.8 Å². The number of fused-ring (bicyclic) bond motifs is 1. The lowest BCUT2D eigenvalue weighted by Crippen LogP contribution is -2.12. The first-order valence-corrected chi connectivity index (χ1v) is 8.62. The van der Waals surface area contributed by atoms with Crippen LogP contribution in [0.5, 0.6) is 11.5 Å². The summed E-state index contributed by atoms with van der Waals surface area (Å²) in [6.45, 7) is 0.286. The van der Waals surface area contributed by atoms with E-state index in [0.29, 0.717) is 27.8 Å². The molecule has 8 heteroatoms. The van der Waals surface area contributed by atoms with E-state index in [1.165, 1.54) is 12.8 Å². The van der Waals surface area contributed by atoms with Crippen LogP contribution in [-0.4, -0.2) is 26.5 Å². The van der Waals surface area contributed by atoms with E-state index in [9.17, 15) is 0 Å². The summed E-state index contributed by atoms with van der Waals surface area (Å²) in [5.41, 5.74) is 7.71. The summed E-state index contributed by atoms with van der Waals surface area (Å²) in [6, 6.07) is 7.21. The van der Waals surface area contributed by atoms with Crippen LogP contribution in [0.3, 0.4) is 0 Å². The molecule has 25 heavy (non-hydrogen) atoms. The first kappa shape index (κ1) is 16.0. The quantitative estimate of drug-likeness (QED) is 0.723. The van der Waals surface area contributed by atoms with E-state index in [1.807, 2.05) is 18.2 Å². The fourth-order valence-corrected chi connectivity index (χ4v) is 3.25. The number of nitrogen functional groups attached to an aromatic ring is 1. The lowest BCUT2D eigenvalue weighted by atomic mass is 10.2. The minimum absolute atomic E-state index is 0.263. The number of pyridine rings is 1. The zero-order valence-corrected chi connectivity index (χ0v) is 14.3. The lowest BCUT2D eigenvalue weighted by molar-refractivity contribution is 0.202. The largest absolute Gasteiger partial charge is 0.490 e. The molecule has 1 saturated carbocycles. The zero-order valence-electron chi connectivity index (χ0n) is 13.5. The van der Waals surface area contributed by atoms with Crippen LogP contribution in [0.15, 0.2) is 24.3 Å². The fourth-order valence-electron chi connectivity index (χ4n) is 3.06. The number of aromatic nitrogens is 4. The van der Waals surface area contributed by atoms with Gasteiger partial charge in [-0.05, 0) is 43.9 Å². The molecule has 0 saturated heterocycles. The maximum Gasteiger partial charge on any atom is 0.181 e. The van der Waals surface area contributed by atoms with E-state index >= 15 is 0 Å². The monoisotopic (exact) mass is 359 g/mol. The smallest absolute Gasteiger partial charge is 0.181 e. The number of nitrogens with one attached hydrogen (secondary N) is 1. The number of rotatable bonds is 5. The van der Waals surface area contributed by atoms with Crippen molar-refractivity contribution < 1.29 is 9.47 Å². The van der Waals surface area contributed by atoms with Crippen molar-refractivity contribution in [2.75, 3.05) is 5.73 Å². The van der Waals surface area contributed by atoms with E-state index < -0.39 is 0 Å². The van der Waals surface area contributed by atoms with Gasteiger partial charge < -0.3 is 15.2 Å². The molecule has 0 spiro atoms. The number of aromatic amines is 1. The number of halogens is 1. The van der Waals surface area contributed by atoms with Gasteiger partial charge in [0, 0.05) is 16.7 Å². The lowest BCUT2D eigenvalue weighted by Gasteiger charge is -2.17. The molecule has 2 heterocycles. The highest BCUT2D eigenvalue weighted by molar-refractivity contribution is 6.30. The van der Waals surface area contributed by atoms with Gasteiger partial charge in [-0.15, -0.1) is 5.10 Å². The first-order valence-electron chi connectivity index (χ1n) is 8.24. The summed E-state index contributed by atoms with van der Waals surface area (Å²) in [4.78, 5) is 4.12. The van der Waals surface area contributed by atoms with Gasteiger partial charge in [0.25, 0.3) is 0 Å². The van der Waals surface area contributed by atoms with Crippen molar-refractivity contribution in [2.24, 2.45) is 0 Å². The molecule has 1 aromatic carbocycles. The Morgan fingerprint density at radius 3 is 2.88 bits per heavy atom. The Bertz CT molecular complexity index is 892. The van der Waals surface area contributed by atoms with Crippen molar-refractivity contribution in [3.05, 3.63) is 34.9 Å². The van der Waals surface area contributed by atoms with E-state index in [2.05, 4.69) is 20.4 Å². The molecule has 1 aliphatic rings. The van der Waals surface area contributed by atoms with Gasteiger partial charge >= 0.3 is 0 Å². The maximum atomic E-state index is 6.15. The number of ether oxygens (including phenoxy) is 2. The molecule has 0 unspecified atom stereocenters.